The van der Waals surface area contributed by atoms with Crippen molar-refractivity contribution in [2.45, 2.75) is 12.8 Å². The maximum absolute atomic E-state index is 13.0. The molecule has 0 aliphatic carbocycles. The van der Waals surface area contributed by atoms with Gasteiger partial charge in [0.05, 0.1) is 5.56 Å². The lowest BCUT2D eigenvalue weighted by Crippen LogP contribution is -2.02. The lowest BCUT2D eigenvalue weighted by Gasteiger charge is -2.06. The predicted molar refractivity (Wildman–Crippen MR) is 67.2 cm³/mol. The summed E-state index contributed by atoms with van der Waals surface area (Å²) in [4.78, 5) is 0. The van der Waals surface area contributed by atoms with Crippen LogP contribution in [0.1, 0.15) is 18.4 Å². The molecular weight excluding hydrogens is 223 g/mol. The molecule has 1 rings (SSSR count). The molecule has 1 aromatic rings. The number of nitrogens with zero attached hydrogens (tertiary/aromatic N) is 1. The van der Waals surface area contributed by atoms with Crippen LogP contribution in [-0.2, 0) is 0 Å². The fraction of sp³-hybridized carbons (Fsp3) is 0.417. The molecule has 1 aromatic carbocycles. The van der Waals surface area contributed by atoms with E-state index >= 15 is 0 Å². The lowest BCUT2D eigenvalue weighted by molar-refractivity contribution is 0.624. The fourth-order valence-corrected chi connectivity index (χ4v) is 1.82. The van der Waals surface area contributed by atoms with Crippen LogP contribution in [0.2, 0.25) is 0 Å². The van der Waals surface area contributed by atoms with Gasteiger partial charge in [0, 0.05) is 12.2 Å². The van der Waals surface area contributed by atoms with E-state index in [0.29, 0.717) is 0 Å². The molecule has 0 atom stereocenters. The molecule has 0 aliphatic heterocycles. The summed E-state index contributed by atoms with van der Waals surface area (Å²) in [7, 11) is 0. The van der Waals surface area contributed by atoms with Gasteiger partial charge in [0.25, 0.3) is 0 Å². The van der Waals surface area contributed by atoms with Crippen LogP contribution in [0.5, 0.6) is 0 Å². The predicted octanol–water partition coefficient (Wildman–Crippen LogP) is 3.25. The average Bonchev–Trinajstić information content (AvgIpc) is 2.31. The Morgan fingerprint density at radius 1 is 1.44 bits per heavy atom. The zero-order chi connectivity index (χ0) is 11.8. The monoisotopic (exact) mass is 238 g/mol. The Morgan fingerprint density at radius 2 is 2.25 bits per heavy atom. The van der Waals surface area contributed by atoms with Crippen molar-refractivity contribution < 1.29 is 4.39 Å². The number of thioether (sulfide) groups is 1. The molecule has 16 heavy (non-hydrogen) atoms. The number of unbranched alkanes of at least 4 members (excludes halogenated alkanes) is 1. The van der Waals surface area contributed by atoms with Crippen LogP contribution in [0.3, 0.4) is 0 Å². The van der Waals surface area contributed by atoms with Gasteiger partial charge < -0.3 is 5.32 Å². The van der Waals surface area contributed by atoms with Gasteiger partial charge in [-0.2, -0.15) is 17.0 Å². The largest absolute Gasteiger partial charge is 0.385 e. The van der Waals surface area contributed by atoms with Gasteiger partial charge in [-0.25, -0.2) is 4.39 Å². The third kappa shape index (κ3) is 4.11. The molecule has 0 bridgehead atoms. The summed E-state index contributed by atoms with van der Waals surface area (Å²) in [6.07, 6.45) is 4.34. The highest BCUT2D eigenvalue weighted by Gasteiger charge is 2.01. The summed E-state index contributed by atoms with van der Waals surface area (Å²) in [5, 5.41) is 11.8. The van der Waals surface area contributed by atoms with E-state index in [1.54, 1.807) is 12.1 Å². The molecule has 0 spiro atoms. The number of hydrogen-bond donors (Lipinski definition) is 1. The summed E-state index contributed by atoms with van der Waals surface area (Å²) >= 11 is 1.84. The number of hydrogen-bond acceptors (Lipinski definition) is 3. The van der Waals surface area contributed by atoms with Gasteiger partial charge in [-0.15, -0.1) is 0 Å². The first-order chi connectivity index (χ1) is 7.77. The third-order valence-electron chi connectivity index (χ3n) is 2.19. The Labute approximate surface area is 99.9 Å². The van der Waals surface area contributed by atoms with E-state index in [-0.39, 0.29) is 5.56 Å². The molecular formula is C12H15FN2S. The normalized spacial score (nSPS) is 9.81. The minimum atomic E-state index is -0.463. The molecule has 0 heterocycles. The molecule has 0 aromatic heterocycles. The molecule has 0 saturated heterocycles. The van der Waals surface area contributed by atoms with Crippen LogP contribution >= 0.6 is 11.8 Å². The smallest absolute Gasteiger partial charge is 0.141 e. The molecule has 0 saturated carbocycles. The number of benzene rings is 1. The van der Waals surface area contributed by atoms with Crippen molar-refractivity contribution in [3.05, 3.63) is 29.6 Å². The third-order valence-corrected chi connectivity index (χ3v) is 2.89. The van der Waals surface area contributed by atoms with Crippen molar-refractivity contribution >= 4 is 17.4 Å². The Kier molecular flexibility index (Phi) is 5.73. The molecule has 0 radical (unpaired) electrons. The number of rotatable bonds is 6. The first-order valence-electron chi connectivity index (χ1n) is 5.20. The van der Waals surface area contributed by atoms with Gasteiger partial charge in [-0.1, -0.05) is 0 Å². The zero-order valence-electron chi connectivity index (χ0n) is 9.29. The van der Waals surface area contributed by atoms with Crippen LogP contribution in [0.25, 0.3) is 0 Å². The van der Waals surface area contributed by atoms with Gasteiger partial charge in [-0.05, 0) is 43.0 Å². The highest BCUT2D eigenvalue weighted by atomic mass is 32.2. The van der Waals surface area contributed by atoms with Crippen LogP contribution in [0.15, 0.2) is 18.2 Å². The minimum Gasteiger partial charge on any atom is -0.385 e. The summed E-state index contributed by atoms with van der Waals surface area (Å²) in [6.45, 7) is 0.858. The Bertz CT molecular complexity index is 374. The zero-order valence-corrected chi connectivity index (χ0v) is 10.1. The quantitative estimate of drug-likeness (QED) is 0.773. The van der Waals surface area contributed by atoms with E-state index in [4.69, 9.17) is 5.26 Å². The Morgan fingerprint density at radius 3 is 2.94 bits per heavy atom. The van der Waals surface area contributed by atoms with E-state index in [0.717, 1.165) is 24.4 Å². The number of nitriles is 1. The maximum atomic E-state index is 13.0. The summed E-state index contributed by atoms with van der Waals surface area (Å²) in [6, 6.07) is 6.35. The molecule has 0 fully saturated rings. The van der Waals surface area contributed by atoms with Gasteiger partial charge in [0.2, 0.25) is 0 Å². The van der Waals surface area contributed by atoms with Gasteiger partial charge in [0.15, 0.2) is 0 Å². The second-order valence-electron chi connectivity index (χ2n) is 3.43. The molecule has 0 unspecified atom stereocenters. The van der Waals surface area contributed by atoms with Crippen LogP contribution in [0, 0.1) is 17.1 Å². The maximum Gasteiger partial charge on any atom is 0.141 e. The highest BCUT2D eigenvalue weighted by molar-refractivity contribution is 7.98. The Balaban J connectivity index is 2.40. The van der Waals surface area contributed by atoms with E-state index in [9.17, 15) is 4.39 Å². The molecule has 4 heteroatoms. The second-order valence-corrected chi connectivity index (χ2v) is 4.42. The van der Waals surface area contributed by atoms with Crippen molar-refractivity contribution in [2.24, 2.45) is 0 Å². The van der Waals surface area contributed by atoms with Crippen molar-refractivity contribution in [1.82, 2.24) is 0 Å². The van der Waals surface area contributed by atoms with Crippen molar-refractivity contribution in [1.29, 1.82) is 5.26 Å². The topological polar surface area (TPSA) is 35.8 Å². The van der Waals surface area contributed by atoms with E-state index in [1.807, 2.05) is 17.8 Å². The standard InChI is InChI=1S/C12H15FN2S/c1-16-7-3-2-6-15-11-4-5-12(13)10(8-11)9-14/h4-5,8,15H,2-3,6-7H2,1H3. The summed E-state index contributed by atoms with van der Waals surface area (Å²) in [5.74, 6) is 0.699. The van der Waals surface area contributed by atoms with Gasteiger partial charge >= 0.3 is 0 Å². The van der Waals surface area contributed by atoms with Crippen LogP contribution in [0.4, 0.5) is 10.1 Å². The van der Waals surface area contributed by atoms with Crippen molar-refractivity contribution in [2.75, 3.05) is 23.9 Å². The van der Waals surface area contributed by atoms with E-state index in [1.165, 1.54) is 12.5 Å². The van der Waals surface area contributed by atoms with Crippen LogP contribution < -0.4 is 5.32 Å². The summed E-state index contributed by atoms with van der Waals surface area (Å²) in [5.41, 5.74) is 0.899. The SMILES string of the molecule is CSCCCCNc1ccc(F)c(C#N)c1. The fourth-order valence-electron chi connectivity index (χ4n) is 1.33. The number of halogens is 1. The number of nitrogens with one attached hydrogen (secondary N) is 1. The molecule has 0 amide bonds. The average molecular weight is 238 g/mol. The minimum absolute atomic E-state index is 0.0918. The van der Waals surface area contributed by atoms with Crippen LogP contribution in [-0.4, -0.2) is 18.6 Å². The molecule has 1 N–H and O–H groups in total. The van der Waals surface area contributed by atoms with E-state index < -0.39 is 5.82 Å². The molecule has 0 aliphatic rings. The first-order valence-corrected chi connectivity index (χ1v) is 6.59. The number of anilines is 1. The molecule has 2 nitrogen and oxygen atoms in total. The first kappa shape index (κ1) is 12.9. The highest BCUT2D eigenvalue weighted by Crippen LogP contribution is 2.14. The molecule has 86 valence electrons. The van der Waals surface area contributed by atoms with E-state index in [2.05, 4.69) is 11.6 Å². The lowest BCUT2D eigenvalue weighted by atomic mass is 10.2. The second kappa shape index (κ2) is 7.13. The van der Waals surface area contributed by atoms with Gasteiger partial charge in [0.1, 0.15) is 11.9 Å². The van der Waals surface area contributed by atoms with Crippen molar-refractivity contribution in [3.63, 3.8) is 0 Å². The summed E-state index contributed by atoms with van der Waals surface area (Å²) < 4.78 is 13.0. The Hall–Kier alpha value is -1.21. The van der Waals surface area contributed by atoms with Gasteiger partial charge in [-0.3, -0.25) is 0 Å². The van der Waals surface area contributed by atoms with Crippen molar-refractivity contribution in [3.8, 4) is 6.07 Å².